The number of carbonyl (C=O) groups excluding carboxylic acids is 1. The Hall–Kier alpha value is -2.57. The van der Waals surface area contributed by atoms with Crippen LogP contribution >= 0.6 is 27.5 Å². The number of benzene rings is 2. The standard InChI is InChI=1S/C25H24BrClN2O3/c1-25(2)14-21(30)19-13-20(15-3-5-16(26)6-4-15)29(12-11-22(31)32)23(19)24(25)28-18-9-7-17(27)8-10-18/h3-10,13,24,28H,11-12,14H2,1-2H3,(H,31,32). The van der Waals surface area contributed by atoms with Crippen LogP contribution in [0.15, 0.2) is 59.1 Å². The molecule has 0 fully saturated rings. The Morgan fingerprint density at radius 1 is 1.19 bits per heavy atom. The number of nitrogens with zero attached hydrogens (tertiary/aromatic N) is 1. The van der Waals surface area contributed by atoms with E-state index in [0.717, 1.165) is 27.1 Å². The van der Waals surface area contributed by atoms with Gasteiger partial charge in [-0.3, -0.25) is 9.59 Å². The maximum absolute atomic E-state index is 13.2. The van der Waals surface area contributed by atoms with Gasteiger partial charge in [0, 0.05) is 39.4 Å². The number of aromatic nitrogens is 1. The van der Waals surface area contributed by atoms with Crippen molar-refractivity contribution in [2.75, 3.05) is 5.32 Å². The van der Waals surface area contributed by atoms with Crippen LogP contribution in [0.1, 0.15) is 48.8 Å². The highest BCUT2D eigenvalue weighted by molar-refractivity contribution is 9.10. The molecule has 1 heterocycles. The lowest BCUT2D eigenvalue weighted by atomic mass is 9.72. The zero-order valence-corrected chi connectivity index (χ0v) is 20.2. The zero-order chi connectivity index (χ0) is 23.0. The Morgan fingerprint density at radius 2 is 1.84 bits per heavy atom. The number of hydrogen-bond acceptors (Lipinski definition) is 3. The molecule has 1 atom stereocenters. The number of carbonyl (C=O) groups is 2. The van der Waals surface area contributed by atoms with Crippen LogP contribution in [-0.2, 0) is 11.3 Å². The van der Waals surface area contributed by atoms with Gasteiger partial charge in [-0.25, -0.2) is 0 Å². The number of aliphatic carboxylic acids is 1. The van der Waals surface area contributed by atoms with E-state index in [1.807, 2.05) is 59.2 Å². The molecule has 3 aromatic rings. The Bertz CT molecular complexity index is 1170. The Labute approximate surface area is 200 Å². The summed E-state index contributed by atoms with van der Waals surface area (Å²) in [4.78, 5) is 24.6. The SMILES string of the molecule is CC1(C)CC(=O)c2cc(-c3ccc(Br)cc3)n(CCC(=O)O)c2C1Nc1ccc(Cl)cc1. The van der Waals surface area contributed by atoms with Crippen molar-refractivity contribution in [2.24, 2.45) is 5.41 Å². The fraction of sp³-hybridized carbons (Fsp3) is 0.280. The highest BCUT2D eigenvalue weighted by atomic mass is 79.9. The second kappa shape index (κ2) is 8.75. The summed E-state index contributed by atoms with van der Waals surface area (Å²) in [5, 5.41) is 13.6. The fourth-order valence-electron chi connectivity index (χ4n) is 4.36. The maximum Gasteiger partial charge on any atom is 0.305 e. The van der Waals surface area contributed by atoms with E-state index in [4.69, 9.17) is 11.6 Å². The number of rotatable bonds is 6. The quantitative estimate of drug-likeness (QED) is 0.378. The number of hydrogen-bond donors (Lipinski definition) is 2. The van der Waals surface area contributed by atoms with Crippen molar-refractivity contribution in [3.63, 3.8) is 0 Å². The highest BCUT2D eigenvalue weighted by Crippen LogP contribution is 2.47. The van der Waals surface area contributed by atoms with Gasteiger partial charge in [-0.15, -0.1) is 0 Å². The van der Waals surface area contributed by atoms with E-state index >= 15 is 0 Å². The molecule has 7 heteroatoms. The molecule has 0 amide bonds. The van der Waals surface area contributed by atoms with E-state index < -0.39 is 5.97 Å². The first-order valence-electron chi connectivity index (χ1n) is 10.4. The number of halogens is 2. The van der Waals surface area contributed by atoms with Gasteiger partial charge in [0.05, 0.1) is 18.2 Å². The number of ketones is 1. The molecule has 0 saturated carbocycles. The van der Waals surface area contributed by atoms with Gasteiger partial charge >= 0.3 is 5.97 Å². The average molecular weight is 516 g/mol. The molecule has 166 valence electrons. The van der Waals surface area contributed by atoms with Crippen molar-refractivity contribution in [2.45, 2.75) is 39.3 Å². The first-order chi connectivity index (χ1) is 15.2. The van der Waals surface area contributed by atoms with Crippen molar-refractivity contribution >= 4 is 45.0 Å². The largest absolute Gasteiger partial charge is 0.481 e. The van der Waals surface area contributed by atoms with Crippen LogP contribution in [0.25, 0.3) is 11.3 Å². The third-order valence-electron chi connectivity index (χ3n) is 5.95. The molecule has 0 radical (unpaired) electrons. The van der Waals surface area contributed by atoms with Crippen molar-refractivity contribution < 1.29 is 14.7 Å². The van der Waals surface area contributed by atoms with Crippen LogP contribution in [0.5, 0.6) is 0 Å². The molecule has 1 aliphatic carbocycles. The monoisotopic (exact) mass is 514 g/mol. The summed E-state index contributed by atoms with van der Waals surface area (Å²) in [6.07, 6.45) is 0.362. The summed E-state index contributed by atoms with van der Waals surface area (Å²) in [7, 11) is 0. The van der Waals surface area contributed by atoms with Crippen LogP contribution in [-0.4, -0.2) is 21.4 Å². The number of nitrogens with one attached hydrogen (secondary N) is 1. The summed E-state index contributed by atoms with van der Waals surface area (Å²) in [5.41, 5.74) is 3.78. The smallest absolute Gasteiger partial charge is 0.305 e. The molecular formula is C25H24BrClN2O3. The topological polar surface area (TPSA) is 71.3 Å². The average Bonchev–Trinajstić information content (AvgIpc) is 3.11. The Morgan fingerprint density at radius 3 is 2.47 bits per heavy atom. The molecule has 1 aromatic heterocycles. The second-order valence-corrected chi connectivity index (χ2v) is 10.2. The van der Waals surface area contributed by atoms with Crippen molar-refractivity contribution in [3.8, 4) is 11.3 Å². The Kier molecular flexibility index (Phi) is 6.19. The summed E-state index contributed by atoms with van der Waals surface area (Å²) in [6.45, 7) is 4.41. The van der Waals surface area contributed by atoms with E-state index in [1.165, 1.54) is 0 Å². The van der Waals surface area contributed by atoms with Gasteiger partial charge < -0.3 is 15.0 Å². The molecule has 0 saturated heterocycles. The Balaban J connectivity index is 1.88. The summed E-state index contributed by atoms with van der Waals surface area (Å²) in [6, 6.07) is 17.0. The van der Waals surface area contributed by atoms with Gasteiger partial charge in [0.1, 0.15) is 0 Å². The first kappa shape index (κ1) is 22.6. The number of fused-ring (bicyclic) bond motifs is 1. The van der Waals surface area contributed by atoms with E-state index in [9.17, 15) is 14.7 Å². The van der Waals surface area contributed by atoms with Gasteiger partial charge in [-0.2, -0.15) is 0 Å². The molecule has 32 heavy (non-hydrogen) atoms. The summed E-state index contributed by atoms with van der Waals surface area (Å²) in [5.74, 6) is -0.801. The minimum Gasteiger partial charge on any atom is -0.481 e. The van der Waals surface area contributed by atoms with E-state index in [1.54, 1.807) is 0 Å². The summed E-state index contributed by atoms with van der Waals surface area (Å²) < 4.78 is 2.95. The van der Waals surface area contributed by atoms with Crippen LogP contribution in [0, 0.1) is 5.41 Å². The lowest BCUT2D eigenvalue weighted by Crippen LogP contribution is -2.37. The molecule has 1 unspecified atom stereocenters. The third kappa shape index (κ3) is 4.48. The summed E-state index contributed by atoms with van der Waals surface area (Å²) >= 11 is 9.51. The number of carboxylic acid groups (broad SMARTS) is 1. The van der Waals surface area contributed by atoms with Crippen LogP contribution in [0.4, 0.5) is 5.69 Å². The van der Waals surface area contributed by atoms with Crippen molar-refractivity contribution in [1.82, 2.24) is 4.57 Å². The predicted octanol–water partition coefficient (Wildman–Crippen LogP) is 6.81. The molecule has 2 aromatic carbocycles. The minimum absolute atomic E-state index is 0.0348. The number of Topliss-reactive ketones (excluding diaryl/α,β-unsaturated/α-hetero) is 1. The van der Waals surface area contributed by atoms with Gasteiger partial charge in [0.2, 0.25) is 0 Å². The minimum atomic E-state index is -0.877. The molecule has 0 spiro atoms. The van der Waals surface area contributed by atoms with Gasteiger partial charge in [0.15, 0.2) is 5.78 Å². The zero-order valence-electron chi connectivity index (χ0n) is 17.9. The molecule has 5 nitrogen and oxygen atoms in total. The predicted molar refractivity (Wildman–Crippen MR) is 130 cm³/mol. The number of anilines is 1. The van der Waals surface area contributed by atoms with Crippen molar-refractivity contribution in [3.05, 3.63) is 75.4 Å². The van der Waals surface area contributed by atoms with E-state index in [2.05, 4.69) is 35.1 Å². The van der Waals surface area contributed by atoms with E-state index in [-0.39, 0.29) is 30.2 Å². The maximum atomic E-state index is 13.2. The lowest BCUT2D eigenvalue weighted by molar-refractivity contribution is -0.137. The van der Waals surface area contributed by atoms with E-state index in [0.29, 0.717) is 17.0 Å². The lowest BCUT2D eigenvalue weighted by Gasteiger charge is -2.40. The molecule has 4 rings (SSSR count). The fourth-order valence-corrected chi connectivity index (χ4v) is 4.75. The first-order valence-corrected chi connectivity index (χ1v) is 11.6. The molecule has 0 bridgehead atoms. The van der Waals surface area contributed by atoms with Gasteiger partial charge in [0.25, 0.3) is 0 Å². The second-order valence-electron chi connectivity index (χ2n) is 8.80. The van der Waals surface area contributed by atoms with Gasteiger partial charge in [-0.05, 0) is 53.4 Å². The molecule has 0 aliphatic heterocycles. The third-order valence-corrected chi connectivity index (χ3v) is 6.74. The number of carboxylic acids is 1. The van der Waals surface area contributed by atoms with Crippen LogP contribution in [0.2, 0.25) is 5.02 Å². The molecule has 1 aliphatic rings. The molecular weight excluding hydrogens is 492 g/mol. The van der Waals surface area contributed by atoms with Crippen molar-refractivity contribution in [1.29, 1.82) is 0 Å². The van der Waals surface area contributed by atoms with Gasteiger partial charge in [-0.1, -0.05) is 53.5 Å². The highest BCUT2D eigenvalue weighted by Gasteiger charge is 2.43. The van der Waals surface area contributed by atoms with Crippen LogP contribution < -0.4 is 5.32 Å². The normalized spacial score (nSPS) is 17.1. The van der Waals surface area contributed by atoms with Crippen LogP contribution in [0.3, 0.4) is 0 Å². The molecule has 2 N–H and O–H groups in total.